The number of nitrogens with one attached hydrogen (secondary N) is 1. The van der Waals surface area contributed by atoms with Gasteiger partial charge in [-0.25, -0.2) is 18.4 Å². The molecule has 150 valence electrons. The third kappa shape index (κ3) is 5.19. The molecule has 0 saturated heterocycles. The van der Waals surface area contributed by atoms with E-state index in [9.17, 15) is 13.2 Å². The summed E-state index contributed by atoms with van der Waals surface area (Å²) in [6.07, 6.45) is 1.14. The van der Waals surface area contributed by atoms with Crippen molar-refractivity contribution in [3.05, 3.63) is 87.7 Å². The number of hydrogen-bond acceptors (Lipinski definition) is 5. The van der Waals surface area contributed by atoms with E-state index in [0.29, 0.717) is 5.56 Å². The van der Waals surface area contributed by atoms with E-state index in [4.69, 9.17) is 11.6 Å². The smallest absolute Gasteiger partial charge is 0.271 e. The Morgan fingerprint density at radius 2 is 1.76 bits per heavy atom. The number of halogens is 1. The molecule has 0 spiro atoms. The zero-order chi connectivity index (χ0) is 21.0. The number of rotatable bonds is 6. The highest BCUT2D eigenvalue weighted by Crippen LogP contribution is 2.19. The molecular formula is C21H20ClN3O3S. The second-order valence-electron chi connectivity index (χ2n) is 6.70. The molecule has 0 atom stereocenters. The fraction of sp³-hybridized carbons (Fsp3) is 0.190. The van der Waals surface area contributed by atoms with Crippen LogP contribution in [0.25, 0.3) is 0 Å². The van der Waals surface area contributed by atoms with Crippen LogP contribution in [0.4, 0.5) is 0 Å². The number of benzene rings is 2. The maximum atomic E-state index is 12.8. The van der Waals surface area contributed by atoms with Gasteiger partial charge in [-0.1, -0.05) is 65.7 Å². The summed E-state index contributed by atoms with van der Waals surface area (Å²) in [5.41, 5.74) is 3.35. The molecule has 3 rings (SSSR count). The van der Waals surface area contributed by atoms with Gasteiger partial charge in [-0.15, -0.1) is 0 Å². The predicted octanol–water partition coefficient (Wildman–Crippen LogP) is 3.65. The Labute approximate surface area is 174 Å². The highest BCUT2D eigenvalue weighted by molar-refractivity contribution is 7.90. The van der Waals surface area contributed by atoms with Gasteiger partial charge in [-0.2, -0.15) is 0 Å². The lowest BCUT2D eigenvalue weighted by Crippen LogP contribution is -2.25. The Kier molecular flexibility index (Phi) is 6.30. The third-order valence-electron chi connectivity index (χ3n) is 4.40. The van der Waals surface area contributed by atoms with Crippen molar-refractivity contribution in [3.63, 3.8) is 0 Å². The number of carbonyl (C=O) groups is 1. The largest absolute Gasteiger partial charge is 0.347 e. The molecule has 29 heavy (non-hydrogen) atoms. The molecule has 0 radical (unpaired) electrons. The summed E-state index contributed by atoms with van der Waals surface area (Å²) >= 11 is 6.05. The van der Waals surface area contributed by atoms with Gasteiger partial charge < -0.3 is 5.32 Å². The van der Waals surface area contributed by atoms with E-state index in [1.54, 1.807) is 12.1 Å². The number of aromatic nitrogens is 2. The van der Waals surface area contributed by atoms with Crippen molar-refractivity contribution in [2.45, 2.75) is 31.3 Å². The number of carbonyl (C=O) groups excluding carboxylic acids is 1. The van der Waals surface area contributed by atoms with Crippen LogP contribution in [0.5, 0.6) is 0 Å². The van der Waals surface area contributed by atoms with E-state index >= 15 is 0 Å². The van der Waals surface area contributed by atoms with Crippen molar-refractivity contribution in [3.8, 4) is 0 Å². The van der Waals surface area contributed by atoms with Gasteiger partial charge >= 0.3 is 0 Å². The van der Waals surface area contributed by atoms with E-state index in [0.717, 1.165) is 22.9 Å². The van der Waals surface area contributed by atoms with Crippen molar-refractivity contribution in [2.24, 2.45) is 0 Å². The average Bonchev–Trinajstić information content (AvgIpc) is 2.69. The fourth-order valence-electron chi connectivity index (χ4n) is 2.67. The monoisotopic (exact) mass is 429 g/mol. The highest BCUT2D eigenvalue weighted by atomic mass is 35.5. The second kappa shape index (κ2) is 8.71. The maximum Gasteiger partial charge on any atom is 0.271 e. The lowest BCUT2D eigenvalue weighted by molar-refractivity contribution is 0.0945. The Bertz CT molecular complexity index is 1150. The first kappa shape index (κ1) is 21.0. The quantitative estimate of drug-likeness (QED) is 0.604. The number of aryl methyl sites for hydroxylation is 2. The number of hydrogen-bond donors (Lipinski definition) is 1. The van der Waals surface area contributed by atoms with Crippen LogP contribution in [0, 0.1) is 13.8 Å². The van der Waals surface area contributed by atoms with Crippen molar-refractivity contribution in [2.75, 3.05) is 0 Å². The molecule has 1 N–H and O–H groups in total. The summed E-state index contributed by atoms with van der Waals surface area (Å²) in [6.45, 7) is 4.07. The van der Waals surface area contributed by atoms with Gasteiger partial charge in [0.05, 0.1) is 17.0 Å². The summed E-state index contributed by atoms with van der Waals surface area (Å²) in [7, 11) is -3.84. The predicted molar refractivity (Wildman–Crippen MR) is 111 cm³/mol. The molecular weight excluding hydrogens is 410 g/mol. The van der Waals surface area contributed by atoms with Gasteiger partial charge in [0.1, 0.15) is 0 Å². The van der Waals surface area contributed by atoms with Crippen LogP contribution in [-0.2, 0) is 22.1 Å². The molecule has 0 bridgehead atoms. The maximum absolute atomic E-state index is 12.8. The summed E-state index contributed by atoms with van der Waals surface area (Å²) in [5.74, 6) is -0.823. The van der Waals surface area contributed by atoms with Crippen molar-refractivity contribution >= 4 is 27.3 Å². The van der Waals surface area contributed by atoms with Crippen molar-refractivity contribution < 1.29 is 13.2 Å². The third-order valence-corrected chi connectivity index (χ3v) is 6.12. The minimum atomic E-state index is -3.84. The minimum absolute atomic E-state index is 0.0127. The topological polar surface area (TPSA) is 89.0 Å². The van der Waals surface area contributed by atoms with Gasteiger partial charge in [0.25, 0.3) is 5.91 Å². The van der Waals surface area contributed by atoms with E-state index in [1.165, 1.54) is 0 Å². The van der Waals surface area contributed by atoms with Gasteiger partial charge in [0, 0.05) is 6.54 Å². The van der Waals surface area contributed by atoms with E-state index in [2.05, 4.69) is 15.3 Å². The van der Waals surface area contributed by atoms with Gasteiger partial charge in [-0.05, 0) is 30.5 Å². The van der Waals surface area contributed by atoms with Crippen LogP contribution in [0.15, 0.2) is 59.9 Å². The van der Waals surface area contributed by atoms with Gasteiger partial charge in [-0.3, -0.25) is 4.79 Å². The molecule has 0 aliphatic heterocycles. The summed E-state index contributed by atoms with van der Waals surface area (Å²) in [5, 5.41) is 2.27. The molecule has 0 saturated carbocycles. The molecule has 0 fully saturated rings. The molecule has 0 unspecified atom stereocenters. The SMILES string of the molecule is Cc1ccc(CNC(=O)c2nc(S(=O)(=O)Cc3ccccc3C)ncc2Cl)cc1. The Balaban J connectivity index is 1.80. The first-order valence-electron chi connectivity index (χ1n) is 8.90. The standard InChI is InChI=1S/C21H20ClN3O3S/c1-14-7-9-16(10-8-14)11-23-20(26)19-18(22)12-24-21(25-19)29(27,28)13-17-6-4-3-5-15(17)2/h3-10,12H,11,13H2,1-2H3,(H,23,26). The van der Waals surface area contributed by atoms with Gasteiger partial charge in [0.2, 0.25) is 15.0 Å². The molecule has 0 aliphatic carbocycles. The summed E-state index contributed by atoms with van der Waals surface area (Å²) < 4.78 is 25.5. The van der Waals surface area contributed by atoms with Crippen molar-refractivity contribution in [1.82, 2.24) is 15.3 Å². The first-order valence-corrected chi connectivity index (χ1v) is 10.9. The van der Waals surface area contributed by atoms with E-state index < -0.39 is 20.9 Å². The molecule has 1 amide bonds. The number of amides is 1. The fourth-order valence-corrected chi connectivity index (χ4v) is 4.16. The summed E-state index contributed by atoms with van der Waals surface area (Å²) in [6, 6.07) is 14.8. The Morgan fingerprint density at radius 3 is 2.45 bits per heavy atom. The highest BCUT2D eigenvalue weighted by Gasteiger charge is 2.23. The minimum Gasteiger partial charge on any atom is -0.347 e. The molecule has 2 aromatic carbocycles. The molecule has 8 heteroatoms. The average molecular weight is 430 g/mol. The first-order chi connectivity index (χ1) is 13.8. The van der Waals surface area contributed by atoms with Crippen LogP contribution in [0.1, 0.15) is 32.7 Å². The van der Waals surface area contributed by atoms with Crippen molar-refractivity contribution in [1.29, 1.82) is 0 Å². The Morgan fingerprint density at radius 1 is 1.07 bits per heavy atom. The van der Waals surface area contributed by atoms with Crippen LogP contribution >= 0.6 is 11.6 Å². The molecule has 1 aromatic heterocycles. The molecule has 1 heterocycles. The number of nitrogens with zero attached hydrogens (tertiary/aromatic N) is 2. The van der Waals surface area contributed by atoms with Crippen LogP contribution in [0.3, 0.4) is 0 Å². The van der Waals surface area contributed by atoms with E-state index in [-0.39, 0.29) is 23.0 Å². The van der Waals surface area contributed by atoms with Crippen LogP contribution < -0.4 is 5.32 Å². The molecule has 0 aliphatic rings. The lowest BCUT2D eigenvalue weighted by Gasteiger charge is -2.09. The number of sulfone groups is 1. The zero-order valence-electron chi connectivity index (χ0n) is 16.0. The van der Waals surface area contributed by atoms with Gasteiger partial charge in [0.15, 0.2) is 5.69 Å². The Hall–Kier alpha value is -2.77. The van der Waals surface area contributed by atoms with Crippen LogP contribution in [-0.4, -0.2) is 24.3 Å². The molecule has 3 aromatic rings. The lowest BCUT2D eigenvalue weighted by atomic mass is 10.1. The normalized spacial score (nSPS) is 11.3. The van der Waals surface area contributed by atoms with Crippen LogP contribution in [0.2, 0.25) is 5.02 Å². The van der Waals surface area contributed by atoms with E-state index in [1.807, 2.05) is 50.2 Å². The zero-order valence-corrected chi connectivity index (χ0v) is 17.6. The molecule has 6 nitrogen and oxygen atoms in total. The summed E-state index contributed by atoms with van der Waals surface area (Å²) in [4.78, 5) is 20.3. The second-order valence-corrected chi connectivity index (χ2v) is 8.99.